The molecule has 1 aromatic heterocycles. The minimum absolute atomic E-state index is 0.218. The Hall–Kier alpha value is -6.70. The lowest BCUT2D eigenvalue weighted by molar-refractivity contribution is 0.426. The van der Waals surface area contributed by atoms with Gasteiger partial charge in [0.25, 0.3) is 0 Å². The molecule has 0 radical (unpaired) electrons. The van der Waals surface area contributed by atoms with Gasteiger partial charge in [-0.05, 0) is 76.3 Å². The molecule has 3 aliphatic rings. The normalized spacial score (nSPS) is 21.4. The summed E-state index contributed by atoms with van der Waals surface area (Å²) >= 11 is 0. The van der Waals surface area contributed by atoms with E-state index in [1.807, 2.05) is 24.3 Å². The first-order valence-electron chi connectivity index (χ1n) is 19.6. The Morgan fingerprint density at radius 2 is 1.34 bits per heavy atom. The molecule has 0 bridgehead atoms. The molecule has 1 aliphatic heterocycles. The van der Waals surface area contributed by atoms with Crippen molar-refractivity contribution in [1.29, 1.82) is 0 Å². The molecule has 0 amide bonds. The van der Waals surface area contributed by atoms with Crippen molar-refractivity contribution in [3.63, 3.8) is 0 Å². The fourth-order valence-electron chi connectivity index (χ4n) is 8.97. The summed E-state index contributed by atoms with van der Waals surface area (Å²) in [5, 5.41) is 4.81. The van der Waals surface area contributed by atoms with Crippen LogP contribution in [-0.4, -0.2) is 11.7 Å². The molecule has 6 aromatic carbocycles. The lowest BCUT2D eigenvalue weighted by atomic mass is 9.60. The number of hydrogen-bond acceptors (Lipinski definition) is 4. The number of nitrogens with zero attached hydrogens (tertiary/aromatic N) is 2. The number of furan rings is 1. The van der Waals surface area contributed by atoms with Crippen LogP contribution < -0.4 is 5.32 Å². The average Bonchev–Trinajstić information content (AvgIpc) is 3.65. The molecule has 270 valence electrons. The molecular formula is C52H41N3O. The summed E-state index contributed by atoms with van der Waals surface area (Å²) in [6, 6.07) is 58.8. The monoisotopic (exact) mass is 723 g/mol. The lowest BCUT2D eigenvalue weighted by Crippen LogP contribution is -2.34. The van der Waals surface area contributed by atoms with Gasteiger partial charge in [-0.3, -0.25) is 0 Å². The highest BCUT2D eigenvalue weighted by Gasteiger charge is 2.41. The third-order valence-electron chi connectivity index (χ3n) is 11.8. The highest BCUT2D eigenvalue weighted by molar-refractivity contribution is 6.13. The smallest absolute Gasteiger partial charge is 0.181 e. The Labute approximate surface area is 328 Å². The van der Waals surface area contributed by atoms with Crippen molar-refractivity contribution in [1.82, 2.24) is 5.32 Å². The van der Waals surface area contributed by atoms with Gasteiger partial charge in [-0.15, -0.1) is 0 Å². The van der Waals surface area contributed by atoms with Crippen LogP contribution in [0.25, 0.3) is 16.5 Å². The fourth-order valence-corrected chi connectivity index (χ4v) is 8.97. The van der Waals surface area contributed by atoms with Gasteiger partial charge in [0.2, 0.25) is 0 Å². The predicted octanol–water partition coefficient (Wildman–Crippen LogP) is 11.5. The maximum atomic E-state index is 6.11. The second-order valence-corrected chi connectivity index (χ2v) is 15.4. The van der Waals surface area contributed by atoms with Gasteiger partial charge >= 0.3 is 0 Å². The van der Waals surface area contributed by atoms with Gasteiger partial charge < -0.3 is 9.73 Å². The van der Waals surface area contributed by atoms with E-state index in [9.17, 15) is 0 Å². The average molecular weight is 724 g/mol. The number of amidine groups is 2. The summed E-state index contributed by atoms with van der Waals surface area (Å²) in [4.78, 5) is 10.3. The van der Waals surface area contributed by atoms with Gasteiger partial charge in [0.05, 0.1) is 0 Å². The summed E-state index contributed by atoms with van der Waals surface area (Å²) in [5.41, 5.74) is 11.5. The van der Waals surface area contributed by atoms with Gasteiger partial charge in [-0.25, -0.2) is 9.98 Å². The van der Waals surface area contributed by atoms with Crippen LogP contribution in [-0.2, 0) is 11.8 Å². The molecule has 10 rings (SSSR count). The minimum atomic E-state index is -0.319. The third-order valence-corrected chi connectivity index (χ3v) is 11.8. The molecule has 2 aliphatic carbocycles. The molecule has 0 saturated heterocycles. The first-order valence-corrected chi connectivity index (χ1v) is 19.6. The Balaban J connectivity index is 1.03. The van der Waals surface area contributed by atoms with E-state index >= 15 is 0 Å². The largest absolute Gasteiger partial charge is 0.447 e. The second-order valence-electron chi connectivity index (χ2n) is 15.4. The van der Waals surface area contributed by atoms with E-state index in [2.05, 4.69) is 170 Å². The first-order chi connectivity index (χ1) is 27.6. The standard InChI is InChI=1S/C52H41N3O/c1-52(33-44(35-16-6-2-7-17-35)48(37-20-10-4-11-21-37)45(34-52)36-18-8-3-9-19-36)41-29-26-39(27-30-41)50-53-49(38-22-12-5-13-23-38)54-51(55-50)40-28-31-47-43(32-40)42-24-14-15-25-46(42)56-47/h2-13,16-23,26-33,45,48,50H,14,24,34H2,1H3,(H,53,54,55). The van der Waals surface area contributed by atoms with Gasteiger partial charge in [0.15, 0.2) is 11.6 Å². The van der Waals surface area contributed by atoms with Gasteiger partial charge in [-0.2, -0.15) is 0 Å². The molecule has 4 atom stereocenters. The van der Waals surface area contributed by atoms with Gasteiger partial charge in [-0.1, -0.05) is 165 Å². The molecule has 4 nitrogen and oxygen atoms in total. The van der Waals surface area contributed by atoms with E-state index in [0.29, 0.717) is 5.84 Å². The van der Waals surface area contributed by atoms with Crippen LogP contribution in [0.3, 0.4) is 0 Å². The van der Waals surface area contributed by atoms with E-state index in [0.717, 1.165) is 58.5 Å². The maximum absolute atomic E-state index is 6.11. The van der Waals surface area contributed by atoms with Crippen molar-refractivity contribution in [2.75, 3.05) is 0 Å². The maximum Gasteiger partial charge on any atom is 0.181 e. The van der Waals surface area contributed by atoms with Crippen LogP contribution in [0.5, 0.6) is 0 Å². The predicted molar refractivity (Wildman–Crippen MR) is 228 cm³/mol. The summed E-state index contributed by atoms with van der Waals surface area (Å²) in [7, 11) is 0. The van der Waals surface area contributed by atoms with Crippen molar-refractivity contribution in [3.8, 4) is 11.8 Å². The fraction of sp³-hybridized carbons (Fsp3) is 0.154. The molecule has 56 heavy (non-hydrogen) atoms. The Kier molecular flexibility index (Phi) is 8.57. The molecule has 0 fully saturated rings. The van der Waals surface area contributed by atoms with Gasteiger partial charge in [0.1, 0.15) is 17.6 Å². The molecule has 1 N–H and O–H groups in total. The van der Waals surface area contributed by atoms with E-state index in [1.54, 1.807) is 0 Å². The molecule has 0 saturated carbocycles. The SMILES string of the molecule is CC1(c2ccc(C3N=C(c4ccccc4)N=C(c4ccc5oc6c(c5c4)CCC#C6)N3)cc2)C=C(c2ccccc2)C(c2ccccc2)C(c2ccccc2)C1. The van der Waals surface area contributed by atoms with Crippen LogP contribution in [0.2, 0.25) is 0 Å². The van der Waals surface area contributed by atoms with Crippen molar-refractivity contribution < 1.29 is 4.42 Å². The van der Waals surface area contributed by atoms with Gasteiger partial charge in [0, 0.05) is 39.8 Å². The summed E-state index contributed by atoms with van der Waals surface area (Å²) < 4.78 is 6.11. The molecule has 0 spiro atoms. The Morgan fingerprint density at radius 3 is 2.05 bits per heavy atom. The number of rotatable bonds is 7. The molecular weight excluding hydrogens is 683 g/mol. The zero-order valence-electron chi connectivity index (χ0n) is 31.3. The highest BCUT2D eigenvalue weighted by atomic mass is 16.3. The Morgan fingerprint density at radius 1 is 0.679 bits per heavy atom. The van der Waals surface area contributed by atoms with E-state index < -0.39 is 0 Å². The van der Waals surface area contributed by atoms with E-state index in [1.165, 1.54) is 33.4 Å². The zero-order valence-corrected chi connectivity index (χ0v) is 31.3. The van der Waals surface area contributed by atoms with Crippen LogP contribution in [0.15, 0.2) is 184 Å². The van der Waals surface area contributed by atoms with E-state index in [-0.39, 0.29) is 23.4 Å². The molecule has 4 unspecified atom stereocenters. The van der Waals surface area contributed by atoms with Crippen molar-refractivity contribution >= 4 is 28.2 Å². The van der Waals surface area contributed by atoms with Crippen molar-refractivity contribution in [2.45, 2.75) is 49.6 Å². The topological polar surface area (TPSA) is 49.9 Å². The summed E-state index contributed by atoms with van der Waals surface area (Å²) in [5.74, 6) is 9.16. The van der Waals surface area contributed by atoms with Crippen LogP contribution in [0.1, 0.15) is 88.0 Å². The number of nitrogens with one attached hydrogen (secondary N) is 1. The Bertz CT molecular complexity index is 2700. The van der Waals surface area contributed by atoms with Crippen LogP contribution in [0, 0.1) is 11.8 Å². The summed E-state index contributed by atoms with van der Waals surface area (Å²) in [6.07, 6.45) is 4.95. The highest BCUT2D eigenvalue weighted by Crippen LogP contribution is 2.54. The van der Waals surface area contributed by atoms with E-state index in [4.69, 9.17) is 14.4 Å². The molecule has 2 heterocycles. The second kappa shape index (κ2) is 14.2. The number of allylic oxidation sites excluding steroid dienone is 2. The summed E-state index contributed by atoms with van der Waals surface area (Å²) in [6.45, 7) is 2.41. The minimum Gasteiger partial charge on any atom is -0.447 e. The van der Waals surface area contributed by atoms with Crippen LogP contribution >= 0.6 is 0 Å². The third kappa shape index (κ3) is 6.26. The molecule has 7 aromatic rings. The number of benzene rings is 6. The quantitative estimate of drug-likeness (QED) is 0.166. The van der Waals surface area contributed by atoms with Crippen molar-refractivity contribution in [3.05, 3.63) is 220 Å². The molecule has 4 heteroatoms. The van der Waals surface area contributed by atoms with Crippen LogP contribution in [0.4, 0.5) is 0 Å². The van der Waals surface area contributed by atoms with Crippen molar-refractivity contribution in [2.24, 2.45) is 9.98 Å². The number of fused-ring (bicyclic) bond motifs is 3. The number of aliphatic imine (C=N–C) groups is 2. The zero-order chi connectivity index (χ0) is 37.5. The first kappa shape index (κ1) is 33.8. The number of hydrogen-bond donors (Lipinski definition) is 1. The number of aryl methyl sites for hydroxylation is 1. The lowest BCUT2D eigenvalue weighted by Gasteiger charge is -2.43.